The van der Waals surface area contributed by atoms with Crippen molar-refractivity contribution in [1.82, 2.24) is 5.32 Å². The summed E-state index contributed by atoms with van der Waals surface area (Å²) in [6, 6.07) is 1.60. The molecule has 0 aliphatic carbocycles. The lowest BCUT2D eigenvalue weighted by Gasteiger charge is -2.25. The number of benzene rings is 1. The summed E-state index contributed by atoms with van der Waals surface area (Å²) in [6.07, 6.45) is 2.11. The summed E-state index contributed by atoms with van der Waals surface area (Å²) < 4.78 is 39.6. The first-order valence-electron chi connectivity index (χ1n) is 7.55. The van der Waals surface area contributed by atoms with Crippen molar-refractivity contribution in [3.8, 4) is 0 Å². The van der Waals surface area contributed by atoms with Gasteiger partial charge in [0.05, 0.1) is 0 Å². The number of hydrogen-bond acceptors (Lipinski definition) is 1. The standard InChI is InChI=1S/C17H26F3N/c1-12(2)11-21-8-7-17(3,4)6-5-13-9-15(19)16(20)10-14(13)18/h9-10,12,21H,5-8,11H2,1-4H3. The topological polar surface area (TPSA) is 12.0 Å². The minimum atomic E-state index is -1.13. The fourth-order valence-electron chi connectivity index (χ4n) is 2.17. The molecule has 1 aromatic rings. The molecule has 1 rings (SSSR count). The Labute approximate surface area is 125 Å². The maximum Gasteiger partial charge on any atom is 0.161 e. The molecule has 0 bridgehead atoms. The van der Waals surface area contributed by atoms with Crippen LogP contribution in [0.1, 0.15) is 46.1 Å². The number of halogens is 3. The maximum atomic E-state index is 13.6. The van der Waals surface area contributed by atoms with Crippen LogP contribution in [0.3, 0.4) is 0 Å². The second-order valence-corrected chi connectivity index (χ2v) is 6.87. The van der Waals surface area contributed by atoms with Gasteiger partial charge in [-0.2, -0.15) is 0 Å². The SMILES string of the molecule is CC(C)CNCCC(C)(C)CCc1cc(F)c(F)cc1F. The highest BCUT2D eigenvalue weighted by atomic mass is 19.2. The van der Waals surface area contributed by atoms with E-state index in [1.165, 1.54) is 0 Å². The van der Waals surface area contributed by atoms with Crippen molar-refractivity contribution in [1.29, 1.82) is 0 Å². The maximum absolute atomic E-state index is 13.6. The minimum Gasteiger partial charge on any atom is -0.316 e. The summed E-state index contributed by atoms with van der Waals surface area (Å²) in [6.45, 7) is 10.4. The molecule has 0 aliphatic heterocycles. The zero-order chi connectivity index (χ0) is 16.0. The van der Waals surface area contributed by atoms with Gasteiger partial charge in [-0.3, -0.25) is 0 Å². The third-order valence-electron chi connectivity index (χ3n) is 3.69. The van der Waals surface area contributed by atoms with Gasteiger partial charge in [0, 0.05) is 6.07 Å². The number of hydrogen-bond donors (Lipinski definition) is 1. The van der Waals surface area contributed by atoms with Crippen molar-refractivity contribution in [3.05, 3.63) is 35.1 Å². The Kier molecular flexibility index (Phi) is 6.72. The van der Waals surface area contributed by atoms with Gasteiger partial charge in [-0.25, -0.2) is 13.2 Å². The van der Waals surface area contributed by atoms with Gasteiger partial charge >= 0.3 is 0 Å². The number of nitrogens with one attached hydrogen (secondary N) is 1. The largest absolute Gasteiger partial charge is 0.316 e. The highest BCUT2D eigenvalue weighted by Crippen LogP contribution is 2.27. The van der Waals surface area contributed by atoms with Crippen LogP contribution in [0.2, 0.25) is 0 Å². The molecule has 0 saturated heterocycles. The van der Waals surface area contributed by atoms with E-state index in [1.807, 2.05) is 0 Å². The van der Waals surface area contributed by atoms with Crippen LogP contribution in [-0.2, 0) is 6.42 Å². The molecule has 120 valence electrons. The van der Waals surface area contributed by atoms with Crippen molar-refractivity contribution in [2.75, 3.05) is 13.1 Å². The highest BCUT2D eigenvalue weighted by Gasteiger charge is 2.19. The van der Waals surface area contributed by atoms with Crippen LogP contribution in [0.25, 0.3) is 0 Å². The second-order valence-electron chi connectivity index (χ2n) is 6.87. The van der Waals surface area contributed by atoms with Gasteiger partial charge in [0.25, 0.3) is 0 Å². The van der Waals surface area contributed by atoms with Crippen molar-refractivity contribution in [2.45, 2.75) is 47.0 Å². The summed E-state index contributed by atoms with van der Waals surface area (Å²) in [5.41, 5.74) is 0.276. The van der Waals surface area contributed by atoms with Crippen LogP contribution in [0.15, 0.2) is 12.1 Å². The molecule has 0 aromatic heterocycles. The predicted octanol–water partition coefficient (Wildman–Crippen LogP) is 4.70. The smallest absolute Gasteiger partial charge is 0.161 e. The van der Waals surface area contributed by atoms with E-state index in [-0.39, 0.29) is 11.0 Å². The predicted molar refractivity (Wildman–Crippen MR) is 80.7 cm³/mol. The van der Waals surface area contributed by atoms with Crippen LogP contribution >= 0.6 is 0 Å². The summed E-state index contributed by atoms with van der Waals surface area (Å²) in [5, 5.41) is 3.38. The van der Waals surface area contributed by atoms with Crippen molar-refractivity contribution in [3.63, 3.8) is 0 Å². The highest BCUT2D eigenvalue weighted by molar-refractivity contribution is 5.20. The van der Waals surface area contributed by atoms with Gasteiger partial charge in [0.15, 0.2) is 11.6 Å². The van der Waals surface area contributed by atoms with Crippen LogP contribution < -0.4 is 5.32 Å². The monoisotopic (exact) mass is 301 g/mol. The Morgan fingerprint density at radius 2 is 1.62 bits per heavy atom. The zero-order valence-electron chi connectivity index (χ0n) is 13.4. The summed E-state index contributed by atoms with van der Waals surface area (Å²) in [7, 11) is 0. The van der Waals surface area contributed by atoms with Crippen LogP contribution in [0.4, 0.5) is 13.2 Å². The molecule has 0 fully saturated rings. The first-order chi connectivity index (χ1) is 9.71. The molecule has 0 spiro atoms. The Morgan fingerprint density at radius 1 is 1.00 bits per heavy atom. The van der Waals surface area contributed by atoms with E-state index in [2.05, 4.69) is 33.0 Å². The van der Waals surface area contributed by atoms with Gasteiger partial charge in [-0.15, -0.1) is 0 Å². The molecular weight excluding hydrogens is 275 g/mol. The fraction of sp³-hybridized carbons (Fsp3) is 0.647. The lowest BCUT2D eigenvalue weighted by Crippen LogP contribution is -2.26. The van der Waals surface area contributed by atoms with Gasteiger partial charge < -0.3 is 5.32 Å². The fourth-order valence-corrected chi connectivity index (χ4v) is 2.17. The van der Waals surface area contributed by atoms with Crippen molar-refractivity contribution in [2.24, 2.45) is 11.3 Å². The van der Waals surface area contributed by atoms with E-state index in [4.69, 9.17) is 0 Å². The number of rotatable bonds is 8. The van der Waals surface area contributed by atoms with Gasteiger partial charge in [0.1, 0.15) is 5.82 Å². The Bertz CT molecular complexity index is 456. The van der Waals surface area contributed by atoms with Gasteiger partial charge in [0.2, 0.25) is 0 Å². The molecule has 0 radical (unpaired) electrons. The van der Waals surface area contributed by atoms with E-state index in [0.717, 1.165) is 32.0 Å². The van der Waals surface area contributed by atoms with Gasteiger partial charge in [-0.1, -0.05) is 27.7 Å². The lowest BCUT2D eigenvalue weighted by atomic mass is 9.83. The molecule has 1 aromatic carbocycles. The average molecular weight is 301 g/mol. The summed E-state index contributed by atoms with van der Waals surface area (Å²) in [5.74, 6) is -2.16. The zero-order valence-corrected chi connectivity index (χ0v) is 13.4. The van der Waals surface area contributed by atoms with Crippen LogP contribution in [0, 0.1) is 28.8 Å². The summed E-state index contributed by atoms with van der Waals surface area (Å²) >= 11 is 0. The molecule has 0 heterocycles. The molecule has 4 heteroatoms. The Balaban J connectivity index is 2.47. The molecule has 0 atom stereocenters. The Hall–Kier alpha value is -1.03. The van der Waals surface area contributed by atoms with Crippen molar-refractivity contribution >= 4 is 0 Å². The van der Waals surface area contributed by atoms with E-state index in [9.17, 15) is 13.2 Å². The molecule has 0 saturated carbocycles. The molecule has 21 heavy (non-hydrogen) atoms. The second kappa shape index (κ2) is 7.83. The normalized spacial score (nSPS) is 12.2. The van der Waals surface area contributed by atoms with Crippen LogP contribution in [-0.4, -0.2) is 13.1 Å². The molecule has 1 nitrogen and oxygen atoms in total. The Morgan fingerprint density at radius 3 is 2.24 bits per heavy atom. The first-order valence-corrected chi connectivity index (χ1v) is 7.55. The molecule has 0 unspecified atom stereocenters. The minimum absolute atomic E-state index is 0.0290. The third-order valence-corrected chi connectivity index (χ3v) is 3.69. The van der Waals surface area contributed by atoms with E-state index in [1.54, 1.807) is 0 Å². The lowest BCUT2D eigenvalue weighted by molar-refractivity contribution is 0.298. The van der Waals surface area contributed by atoms with E-state index >= 15 is 0 Å². The van der Waals surface area contributed by atoms with E-state index < -0.39 is 17.5 Å². The first kappa shape index (κ1) is 18.0. The molecule has 0 amide bonds. The summed E-state index contributed by atoms with van der Waals surface area (Å²) in [4.78, 5) is 0. The number of aryl methyl sites for hydroxylation is 1. The third kappa shape index (κ3) is 6.51. The van der Waals surface area contributed by atoms with Crippen LogP contribution in [0.5, 0.6) is 0 Å². The quantitative estimate of drug-likeness (QED) is 0.542. The molecule has 0 aliphatic rings. The molecule has 1 N–H and O–H groups in total. The average Bonchev–Trinajstić information content (AvgIpc) is 2.37. The van der Waals surface area contributed by atoms with Crippen molar-refractivity contribution < 1.29 is 13.2 Å². The molecular formula is C17H26F3N. The van der Waals surface area contributed by atoms with Gasteiger partial charge in [-0.05, 0) is 55.3 Å². The van der Waals surface area contributed by atoms with E-state index in [0.29, 0.717) is 18.4 Å².